The first-order valence-electron chi connectivity index (χ1n) is 5.08. The van der Waals surface area contributed by atoms with Crippen LogP contribution < -0.4 is 10.6 Å². The lowest BCUT2D eigenvalue weighted by atomic mass is 10.1. The second kappa shape index (κ2) is 4.13. The average molecular weight is 203 g/mol. The van der Waals surface area contributed by atoms with E-state index in [4.69, 9.17) is 11.0 Å². The number of nitrogens with zero attached hydrogens (tertiary/aromatic N) is 4. The molecule has 0 spiro atoms. The third kappa shape index (κ3) is 1.84. The molecule has 1 aliphatic heterocycles. The highest BCUT2D eigenvalue weighted by Gasteiger charge is 2.17. The summed E-state index contributed by atoms with van der Waals surface area (Å²) in [5.74, 6) is 0.956. The van der Waals surface area contributed by atoms with E-state index in [1.165, 1.54) is 12.7 Å². The van der Waals surface area contributed by atoms with Gasteiger partial charge in [0.2, 0.25) is 0 Å². The highest BCUT2D eigenvalue weighted by atomic mass is 15.2. The number of rotatable bonds is 1. The van der Waals surface area contributed by atoms with Crippen molar-refractivity contribution in [2.45, 2.75) is 19.3 Å². The van der Waals surface area contributed by atoms with Gasteiger partial charge in [-0.3, -0.25) is 0 Å². The van der Waals surface area contributed by atoms with Crippen LogP contribution in [0.1, 0.15) is 24.8 Å². The number of hydrogen-bond donors (Lipinski definition) is 1. The number of piperidine rings is 1. The Labute approximate surface area is 88.5 Å². The fraction of sp³-hybridized carbons (Fsp3) is 0.500. The zero-order valence-electron chi connectivity index (χ0n) is 8.48. The van der Waals surface area contributed by atoms with Crippen molar-refractivity contribution >= 4 is 11.6 Å². The van der Waals surface area contributed by atoms with Crippen molar-refractivity contribution in [3.05, 3.63) is 11.9 Å². The molecule has 1 aromatic heterocycles. The van der Waals surface area contributed by atoms with Gasteiger partial charge in [0.25, 0.3) is 0 Å². The van der Waals surface area contributed by atoms with Crippen LogP contribution in [0.4, 0.5) is 11.6 Å². The van der Waals surface area contributed by atoms with Crippen molar-refractivity contribution in [2.24, 2.45) is 0 Å². The van der Waals surface area contributed by atoms with Crippen molar-refractivity contribution < 1.29 is 0 Å². The smallest absolute Gasteiger partial charge is 0.152 e. The Balaban J connectivity index is 2.34. The number of hydrogen-bond acceptors (Lipinski definition) is 5. The number of nitriles is 1. The van der Waals surface area contributed by atoms with E-state index in [0.29, 0.717) is 11.4 Å². The van der Waals surface area contributed by atoms with Gasteiger partial charge in [-0.05, 0) is 19.3 Å². The fourth-order valence-corrected chi connectivity index (χ4v) is 1.84. The first kappa shape index (κ1) is 9.71. The maximum absolute atomic E-state index is 8.99. The van der Waals surface area contributed by atoms with Crippen LogP contribution in [-0.4, -0.2) is 23.1 Å². The summed E-state index contributed by atoms with van der Waals surface area (Å²) < 4.78 is 0. The zero-order valence-corrected chi connectivity index (χ0v) is 8.48. The van der Waals surface area contributed by atoms with Crippen LogP contribution >= 0.6 is 0 Å². The van der Waals surface area contributed by atoms with Crippen molar-refractivity contribution in [1.29, 1.82) is 5.26 Å². The molecule has 0 unspecified atom stereocenters. The van der Waals surface area contributed by atoms with E-state index < -0.39 is 0 Å². The van der Waals surface area contributed by atoms with Crippen LogP contribution in [0.3, 0.4) is 0 Å². The lowest BCUT2D eigenvalue weighted by Gasteiger charge is -2.28. The topological polar surface area (TPSA) is 78.8 Å². The predicted molar refractivity (Wildman–Crippen MR) is 57.2 cm³/mol. The number of anilines is 2. The molecule has 1 saturated heterocycles. The van der Waals surface area contributed by atoms with E-state index in [9.17, 15) is 0 Å². The molecule has 0 atom stereocenters. The first-order valence-corrected chi connectivity index (χ1v) is 5.08. The minimum Gasteiger partial charge on any atom is -0.382 e. The summed E-state index contributed by atoms with van der Waals surface area (Å²) >= 11 is 0. The molecule has 1 aliphatic rings. The fourth-order valence-electron chi connectivity index (χ4n) is 1.84. The number of nitrogens with two attached hydrogens (primary N) is 1. The lowest BCUT2D eigenvalue weighted by Crippen LogP contribution is -2.31. The van der Waals surface area contributed by atoms with E-state index >= 15 is 0 Å². The van der Waals surface area contributed by atoms with Gasteiger partial charge in [-0.2, -0.15) is 5.26 Å². The molecule has 0 aromatic carbocycles. The Bertz CT molecular complexity index is 389. The summed E-state index contributed by atoms with van der Waals surface area (Å²) in [6.07, 6.45) is 4.96. The van der Waals surface area contributed by atoms with E-state index in [1.807, 2.05) is 0 Å². The maximum Gasteiger partial charge on any atom is 0.152 e. The first-order chi connectivity index (χ1) is 7.33. The Morgan fingerprint density at radius 3 is 2.67 bits per heavy atom. The molecule has 2 N–H and O–H groups in total. The van der Waals surface area contributed by atoms with Gasteiger partial charge in [-0.1, -0.05) is 0 Å². The zero-order chi connectivity index (χ0) is 10.7. The molecule has 0 radical (unpaired) electrons. The van der Waals surface area contributed by atoms with Crippen LogP contribution in [0.15, 0.2) is 6.33 Å². The third-order valence-electron chi connectivity index (χ3n) is 2.62. The largest absolute Gasteiger partial charge is 0.382 e. The normalized spacial score (nSPS) is 16.1. The number of aromatic nitrogens is 2. The Morgan fingerprint density at radius 1 is 1.27 bits per heavy atom. The van der Waals surface area contributed by atoms with Crippen LogP contribution in [0, 0.1) is 11.3 Å². The second-order valence-electron chi connectivity index (χ2n) is 3.62. The SMILES string of the molecule is N#Cc1c(N)ncnc1N1CCCCC1. The highest BCUT2D eigenvalue weighted by molar-refractivity contribution is 5.63. The van der Waals surface area contributed by atoms with Gasteiger partial charge in [0.1, 0.15) is 23.8 Å². The highest BCUT2D eigenvalue weighted by Crippen LogP contribution is 2.23. The summed E-state index contributed by atoms with van der Waals surface area (Å²) in [5, 5.41) is 8.99. The average Bonchev–Trinajstić information content (AvgIpc) is 2.30. The van der Waals surface area contributed by atoms with Gasteiger partial charge in [0, 0.05) is 13.1 Å². The van der Waals surface area contributed by atoms with Gasteiger partial charge in [0.05, 0.1) is 0 Å². The molecular formula is C10H13N5. The van der Waals surface area contributed by atoms with E-state index in [-0.39, 0.29) is 5.82 Å². The van der Waals surface area contributed by atoms with E-state index in [2.05, 4.69) is 20.9 Å². The van der Waals surface area contributed by atoms with Crippen LogP contribution in [-0.2, 0) is 0 Å². The molecular weight excluding hydrogens is 190 g/mol. The summed E-state index contributed by atoms with van der Waals surface area (Å²) in [6.45, 7) is 1.90. The van der Waals surface area contributed by atoms with Crippen molar-refractivity contribution in [2.75, 3.05) is 23.7 Å². The molecule has 0 bridgehead atoms. The molecule has 5 nitrogen and oxygen atoms in total. The van der Waals surface area contributed by atoms with E-state index in [1.54, 1.807) is 0 Å². The maximum atomic E-state index is 8.99. The van der Waals surface area contributed by atoms with Gasteiger partial charge in [0.15, 0.2) is 5.82 Å². The molecule has 78 valence electrons. The molecule has 0 amide bonds. The Morgan fingerprint density at radius 2 is 2.00 bits per heavy atom. The molecule has 0 saturated carbocycles. The second-order valence-corrected chi connectivity index (χ2v) is 3.62. The summed E-state index contributed by atoms with van der Waals surface area (Å²) in [4.78, 5) is 10.1. The summed E-state index contributed by atoms with van der Waals surface area (Å²) in [6, 6.07) is 2.07. The minimum atomic E-state index is 0.271. The molecule has 0 aliphatic carbocycles. The molecule has 1 fully saturated rings. The van der Waals surface area contributed by atoms with Crippen molar-refractivity contribution in [3.63, 3.8) is 0 Å². The van der Waals surface area contributed by atoms with Crippen LogP contribution in [0.25, 0.3) is 0 Å². The molecule has 5 heteroatoms. The van der Waals surface area contributed by atoms with Crippen molar-refractivity contribution in [3.8, 4) is 6.07 Å². The quantitative estimate of drug-likeness (QED) is 0.734. The minimum absolute atomic E-state index is 0.271. The Kier molecular flexibility index (Phi) is 2.68. The monoisotopic (exact) mass is 203 g/mol. The van der Waals surface area contributed by atoms with Gasteiger partial charge >= 0.3 is 0 Å². The molecule has 2 rings (SSSR count). The third-order valence-corrected chi connectivity index (χ3v) is 2.62. The lowest BCUT2D eigenvalue weighted by molar-refractivity contribution is 0.572. The van der Waals surface area contributed by atoms with Crippen molar-refractivity contribution in [1.82, 2.24) is 9.97 Å². The van der Waals surface area contributed by atoms with E-state index in [0.717, 1.165) is 25.9 Å². The Hall–Kier alpha value is -1.83. The molecule has 15 heavy (non-hydrogen) atoms. The van der Waals surface area contributed by atoms with Gasteiger partial charge < -0.3 is 10.6 Å². The van der Waals surface area contributed by atoms with Gasteiger partial charge in [-0.25, -0.2) is 9.97 Å². The molecule has 2 heterocycles. The van der Waals surface area contributed by atoms with Crippen LogP contribution in [0.5, 0.6) is 0 Å². The summed E-state index contributed by atoms with van der Waals surface area (Å²) in [7, 11) is 0. The van der Waals surface area contributed by atoms with Crippen LogP contribution in [0.2, 0.25) is 0 Å². The molecule has 1 aromatic rings. The number of nitrogen functional groups attached to an aromatic ring is 1. The standard InChI is InChI=1S/C10H13N5/c11-6-8-9(12)13-7-14-10(8)15-4-2-1-3-5-15/h7H,1-5H2,(H2,12,13,14). The summed E-state index contributed by atoms with van der Waals surface area (Å²) in [5.41, 5.74) is 6.04. The predicted octanol–water partition coefficient (Wildman–Crippen LogP) is 0.921. The van der Waals surface area contributed by atoms with Gasteiger partial charge in [-0.15, -0.1) is 0 Å².